The lowest BCUT2D eigenvalue weighted by atomic mass is 10.1. The molecule has 3 rings (SSSR count). The Morgan fingerprint density at radius 1 is 0.882 bits per heavy atom. The predicted octanol–water partition coefficient (Wildman–Crippen LogP) is 5.19. The minimum atomic E-state index is -3.86. The fourth-order valence-corrected chi connectivity index (χ4v) is 5.18. The molecule has 0 radical (unpaired) electrons. The Morgan fingerprint density at radius 2 is 1.56 bits per heavy atom. The van der Waals surface area contributed by atoms with Crippen LogP contribution in [-0.2, 0) is 16.6 Å². The van der Waals surface area contributed by atoms with Crippen molar-refractivity contribution in [2.75, 3.05) is 22.7 Å². The van der Waals surface area contributed by atoms with Crippen LogP contribution in [0.25, 0.3) is 0 Å². The molecule has 0 aliphatic rings. The van der Waals surface area contributed by atoms with Crippen LogP contribution in [0.5, 0.6) is 0 Å². The molecule has 0 aromatic heterocycles. The van der Waals surface area contributed by atoms with Crippen molar-refractivity contribution >= 4 is 27.3 Å². The summed E-state index contributed by atoms with van der Waals surface area (Å²) < 4.78 is 28.9. The number of rotatable bonds is 9. The van der Waals surface area contributed by atoms with Gasteiger partial charge < -0.3 is 10.2 Å². The second kappa shape index (κ2) is 10.7. The van der Waals surface area contributed by atoms with Gasteiger partial charge in [0.05, 0.1) is 10.6 Å². The Kier molecular flexibility index (Phi) is 7.99. The van der Waals surface area contributed by atoms with Crippen molar-refractivity contribution in [3.8, 4) is 0 Å². The molecule has 6 nitrogen and oxygen atoms in total. The van der Waals surface area contributed by atoms with E-state index in [0.29, 0.717) is 23.4 Å². The third-order valence-corrected chi connectivity index (χ3v) is 7.61. The predicted molar refractivity (Wildman–Crippen MR) is 139 cm³/mol. The highest BCUT2D eigenvalue weighted by molar-refractivity contribution is 7.92. The molecule has 0 saturated carbocycles. The maximum atomic E-state index is 13.1. The SMILES string of the molecule is CCN(CC)c1ccc(CNC(=O)c2ccc(C)c(S(=O)(=O)Nc3cccc(C)c3C)c2)cc1. The summed E-state index contributed by atoms with van der Waals surface area (Å²) in [6, 6.07) is 18.3. The summed E-state index contributed by atoms with van der Waals surface area (Å²) in [5.74, 6) is -0.323. The van der Waals surface area contributed by atoms with Crippen LogP contribution in [0.2, 0.25) is 0 Å². The third-order valence-electron chi connectivity index (χ3n) is 6.11. The van der Waals surface area contributed by atoms with E-state index in [1.165, 1.54) is 6.07 Å². The fraction of sp³-hybridized carbons (Fsp3) is 0.296. The monoisotopic (exact) mass is 479 g/mol. The zero-order valence-corrected chi connectivity index (χ0v) is 21.3. The summed E-state index contributed by atoms with van der Waals surface area (Å²) >= 11 is 0. The lowest BCUT2D eigenvalue weighted by Crippen LogP contribution is -2.24. The van der Waals surface area contributed by atoms with Crippen LogP contribution in [0.1, 0.15) is 46.5 Å². The zero-order chi connectivity index (χ0) is 24.9. The molecule has 1 amide bonds. The molecule has 3 aromatic rings. The van der Waals surface area contributed by atoms with Crippen molar-refractivity contribution in [3.05, 3.63) is 88.5 Å². The highest BCUT2D eigenvalue weighted by atomic mass is 32.2. The maximum Gasteiger partial charge on any atom is 0.262 e. The van der Waals surface area contributed by atoms with Gasteiger partial charge in [0.1, 0.15) is 0 Å². The van der Waals surface area contributed by atoms with Crippen LogP contribution < -0.4 is 14.9 Å². The van der Waals surface area contributed by atoms with E-state index in [2.05, 4.69) is 28.8 Å². The molecule has 180 valence electrons. The van der Waals surface area contributed by atoms with Crippen LogP contribution in [-0.4, -0.2) is 27.4 Å². The largest absolute Gasteiger partial charge is 0.372 e. The van der Waals surface area contributed by atoms with Crippen LogP contribution in [0.3, 0.4) is 0 Å². The summed E-state index contributed by atoms with van der Waals surface area (Å²) in [5.41, 5.74) is 5.38. The lowest BCUT2D eigenvalue weighted by molar-refractivity contribution is 0.0950. The Morgan fingerprint density at radius 3 is 2.21 bits per heavy atom. The summed E-state index contributed by atoms with van der Waals surface area (Å²) in [6.45, 7) is 12.0. The number of hydrogen-bond acceptors (Lipinski definition) is 4. The van der Waals surface area contributed by atoms with Gasteiger partial charge in [-0.3, -0.25) is 9.52 Å². The molecule has 0 heterocycles. The third kappa shape index (κ3) is 5.78. The molecule has 2 N–H and O–H groups in total. The van der Waals surface area contributed by atoms with Gasteiger partial charge in [0, 0.05) is 30.9 Å². The molecule has 34 heavy (non-hydrogen) atoms. The van der Waals surface area contributed by atoms with E-state index in [9.17, 15) is 13.2 Å². The van der Waals surface area contributed by atoms with Gasteiger partial charge in [-0.05, 0) is 87.2 Å². The summed E-state index contributed by atoms with van der Waals surface area (Å²) in [4.78, 5) is 15.1. The lowest BCUT2D eigenvalue weighted by Gasteiger charge is -2.21. The number of hydrogen-bond donors (Lipinski definition) is 2. The average molecular weight is 480 g/mol. The molecule has 0 saturated heterocycles. The van der Waals surface area contributed by atoms with Crippen molar-refractivity contribution in [2.24, 2.45) is 0 Å². The van der Waals surface area contributed by atoms with Crippen LogP contribution in [0.4, 0.5) is 11.4 Å². The van der Waals surface area contributed by atoms with Crippen molar-refractivity contribution in [1.29, 1.82) is 0 Å². The summed E-state index contributed by atoms with van der Waals surface area (Å²) in [5, 5.41) is 2.89. The van der Waals surface area contributed by atoms with Gasteiger partial charge in [0.25, 0.3) is 15.9 Å². The van der Waals surface area contributed by atoms with Gasteiger partial charge in [-0.25, -0.2) is 8.42 Å². The minimum absolute atomic E-state index is 0.0876. The standard InChI is InChI=1S/C27H33N3O3S/c1-6-30(7-2)24-15-12-22(13-16-24)18-28-27(31)23-14-11-20(4)26(17-23)34(32,33)29-25-10-8-9-19(3)21(25)5/h8-17,29H,6-7,18H2,1-5H3,(H,28,31). The highest BCUT2D eigenvalue weighted by Gasteiger charge is 2.20. The van der Waals surface area contributed by atoms with Gasteiger partial charge in [0.15, 0.2) is 0 Å². The topological polar surface area (TPSA) is 78.5 Å². The number of sulfonamides is 1. The smallest absolute Gasteiger partial charge is 0.262 e. The minimum Gasteiger partial charge on any atom is -0.372 e. The van der Waals surface area contributed by atoms with Gasteiger partial charge in [-0.1, -0.05) is 30.3 Å². The molecule has 0 atom stereocenters. The van der Waals surface area contributed by atoms with Crippen LogP contribution in [0, 0.1) is 20.8 Å². The highest BCUT2D eigenvalue weighted by Crippen LogP contribution is 2.24. The Bertz CT molecular complexity index is 1260. The van der Waals surface area contributed by atoms with Gasteiger partial charge in [-0.2, -0.15) is 0 Å². The first-order valence-corrected chi connectivity index (χ1v) is 13.0. The number of nitrogens with one attached hydrogen (secondary N) is 2. The van der Waals surface area contributed by atoms with Crippen molar-refractivity contribution in [1.82, 2.24) is 5.32 Å². The van der Waals surface area contributed by atoms with Crippen molar-refractivity contribution < 1.29 is 13.2 Å². The number of amides is 1. The Labute approximate surface area is 203 Å². The quantitative estimate of drug-likeness (QED) is 0.443. The zero-order valence-electron chi connectivity index (χ0n) is 20.5. The van der Waals surface area contributed by atoms with E-state index in [4.69, 9.17) is 0 Å². The van der Waals surface area contributed by atoms with Crippen molar-refractivity contribution in [3.63, 3.8) is 0 Å². The molecule has 0 bridgehead atoms. The number of carbonyl (C=O) groups is 1. The van der Waals surface area contributed by atoms with E-state index >= 15 is 0 Å². The van der Waals surface area contributed by atoms with Gasteiger partial charge in [0.2, 0.25) is 0 Å². The van der Waals surface area contributed by atoms with E-state index < -0.39 is 10.0 Å². The molecule has 7 heteroatoms. The molecule has 3 aromatic carbocycles. The average Bonchev–Trinajstić information content (AvgIpc) is 2.82. The normalized spacial score (nSPS) is 11.2. The van der Waals surface area contributed by atoms with Gasteiger partial charge >= 0.3 is 0 Å². The molecular weight excluding hydrogens is 446 g/mol. The van der Waals surface area contributed by atoms with Gasteiger partial charge in [-0.15, -0.1) is 0 Å². The van der Waals surface area contributed by atoms with E-state index in [-0.39, 0.29) is 10.8 Å². The fourth-order valence-electron chi connectivity index (χ4n) is 3.79. The number of aryl methyl sites for hydroxylation is 2. The number of nitrogens with zero attached hydrogens (tertiary/aromatic N) is 1. The first-order chi connectivity index (χ1) is 16.2. The summed E-state index contributed by atoms with van der Waals surface area (Å²) in [7, 11) is -3.86. The summed E-state index contributed by atoms with van der Waals surface area (Å²) in [6.07, 6.45) is 0. The Hall–Kier alpha value is -3.32. The second-order valence-corrected chi connectivity index (χ2v) is 10.0. The van der Waals surface area contributed by atoms with Crippen LogP contribution in [0.15, 0.2) is 65.6 Å². The molecule has 0 unspecified atom stereocenters. The first kappa shape index (κ1) is 25.3. The molecule has 0 aliphatic heterocycles. The molecule has 0 spiro atoms. The van der Waals surface area contributed by atoms with Crippen LogP contribution >= 0.6 is 0 Å². The van der Waals surface area contributed by atoms with E-state index in [1.807, 2.05) is 50.2 Å². The molecule has 0 fully saturated rings. The van der Waals surface area contributed by atoms with Crippen molar-refractivity contribution in [2.45, 2.75) is 46.1 Å². The Balaban J connectivity index is 1.75. The second-order valence-electron chi connectivity index (χ2n) is 8.35. The number of carbonyl (C=O) groups excluding carboxylic acids is 1. The number of benzene rings is 3. The molecule has 0 aliphatic carbocycles. The first-order valence-electron chi connectivity index (χ1n) is 11.5. The van der Waals surface area contributed by atoms with E-state index in [0.717, 1.165) is 35.5 Å². The molecular formula is C27H33N3O3S. The number of anilines is 2. The van der Waals surface area contributed by atoms with E-state index in [1.54, 1.807) is 25.1 Å². The maximum absolute atomic E-state index is 13.1.